The van der Waals surface area contributed by atoms with Crippen LogP contribution in [0.25, 0.3) is 0 Å². The van der Waals surface area contributed by atoms with E-state index in [9.17, 15) is 40.7 Å². The number of thiophene rings is 1. The van der Waals surface area contributed by atoms with Gasteiger partial charge in [0.25, 0.3) is 24.7 Å². The lowest BCUT2D eigenvalue weighted by molar-refractivity contribution is -0.126. The van der Waals surface area contributed by atoms with Crippen molar-refractivity contribution in [3.63, 3.8) is 0 Å². The van der Waals surface area contributed by atoms with Crippen molar-refractivity contribution in [3.05, 3.63) is 39.5 Å². The standard InChI is InChI=1S/C23H23ClF6N4O5S/c24-17-4-3-16(40-17)22(37)31-8-14(33(9-18(25)26)10-19(27)28)21(36)32-12-1-2-13(15(7-12)39-23(29)30)34-5-6-38-11-20(34)35/h1-4,7,14,18-19,23H,5-6,8-11H2,(H,31,37)(H,32,36)/t14-/m0/s1. The molecule has 1 atom stereocenters. The van der Waals surface area contributed by atoms with Crippen molar-refractivity contribution in [3.8, 4) is 5.75 Å². The molecule has 2 heterocycles. The number of hydrogen-bond donors (Lipinski definition) is 2. The molecule has 0 spiro atoms. The number of hydrogen-bond acceptors (Lipinski definition) is 7. The van der Waals surface area contributed by atoms with E-state index in [4.69, 9.17) is 16.3 Å². The predicted molar refractivity (Wildman–Crippen MR) is 134 cm³/mol. The monoisotopic (exact) mass is 616 g/mol. The first-order valence-corrected chi connectivity index (χ1v) is 12.8. The van der Waals surface area contributed by atoms with Crippen molar-refractivity contribution in [2.24, 2.45) is 0 Å². The van der Waals surface area contributed by atoms with E-state index >= 15 is 0 Å². The fraction of sp³-hybridized carbons (Fsp3) is 0.435. The average Bonchev–Trinajstić information content (AvgIpc) is 3.30. The number of amides is 3. The second kappa shape index (κ2) is 14.5. The minimum atomic E-state index is -3.30. The summed E-state index contributed by atoms with van der Waals surface area (Å²) in [6, 6.07) is 4.49. The maximum Gasteiger partial charge on any atom is 0.387 e. The number of carbonyl (C=O) groups excluding carboxylic acids is 3. The topological polar surface area (TPSA) is 100 Å². The van der Waals surface area contributed by atoms with Crippen LogP contribution in [-0.2, 0) is 14.3 Å². The van der Waals surface area contributed by atoms with Crippen LogP contribution in [0, 0.1) is 0 Å². The zero-order chi connectivity index (χ0) is 29.4. The van der Waals surface area contributed by atoms with Gasteiger partial charge in [0.2, 0.25) is 5.91 Å². The van der Waals surface area contributed by atoms with Gasteiger partial charge >= 0.3 is 6.61 Å². The van der Waals surface area contributed by atoms with Gasteiger partial charge in [-0.05, 0) is 24.3 Å². The van der Waals surface area contributed by atoms with Gasteiger partial charge in [-0.3, -0.25) is 19.3 Å². The molecular weight excluding hydrogens is 594 g/mol. The minimum Gasteiger partial charge on any atom is -0.433 e. The largest absolute Gasteiger partial charge is 0.433 e. The summed E-state index contributed by atoms with van der Waals surface area (Å²) in [6.45, 7) is -6.52. The summed E-state index contributed by atoms with van der Waals surface area (Å²) >= 11 is 6.70. The molecule has 3 amide bonds. The number of rotatable bonds is 13. The molecule has 0 bridgehead atoms. The van der Waals surface area contributed by atoms with Crippen LogP contribution in [0.4, 0.5) is 37.7 Å². The van der Waals surface area contributed by atoms with Gasteiger partial charge in [0.05, 0.1) is 34.6 Å². The number of halogens is 7. The molecule has 1 fully saturated rings. The zero-order valence-corrected chi connectivity index (χ0v) is 22.0. The summed E-state index contributed by atoms with van der Waals surface area (Å²) in [4.78, 5) is 39.6. The van der Waals surface area contributed by atoms with E-state index in [1.807, 2.05) is 0 Å². The van der Waals surface area contributed by atoms with E-state index in [2.05, 4.69) is 15.4 Å². The van der Waals surface area contributed by atoms with Gasteiger partial charge in [0, 0.05) is 24.8 Å². The molecule has 2 aromatic rings. The van der Waals surface area contributed by atoms with Gasteiger partial charge in [0.1, 0.15) is 12.6 Å². The quantitative estimate of drug-likeness (QED) is 0.331. The third kappa shape index (κ3) is 8.97. The summed E-state index contributed by atoms with van der Waals surface area (Å²) in [5, 5.41) is 4.64. The van der Waals surface area contributed by atoms with Crippen LogP contribution >= 0.6 is 22.9 Å². The van der Waals surface area contributed by atoms with E-state index in [1.165, 1.54) is 24.3 Å². The number of alkyl halides is 6. The molecule has 40 heavy (non-hydrogen) atoms. The summed E-state index contributed by atoms with van der Waals surface area (Å²) in [7, 11) is 0. The first-order valence-electron chi connectivity index (χ1n) is 11.6. The number of anilines is 2. The molecule has 3 rings (SSSR count). The molecule has 1 saturated heterocycles. The van der Waals surface area contributed by atoms with Gasteiger partial charge in [-0.1, -0.05) is 11.6 Å². The molecule has 0 radical (unpaired) electrons. The molecule has 0 unspecified atom stereocenters. The third-order valence-electron chi connectivity index (χ3n) is 5.46. The lowest BCUT2D eigenvalue weighted by Crippen LogP contribution is -2.53. The van der Waals surface area contributed by atoms with E-state index < -0.39 is 68.6 Å². The number of morpholine rings is 1. The Bertz CT molecular complexity index is 1180. The fourth-order valence-electron chi connectivity index (χ4n) is 3.79. The summed E-state index contributed by atoms with van der Waals surface area (Å²) < 4.78 is 89.0. The van der Waals surface area contributed by atoms with E-state index in [0.29, 0.717) is 4.90 Å². The summed E-state index contributed by atoms with van der Waals surface area (Å²) in [6.07, 6.45) is -6.20. The van der Waals surface area contributed by atoms with Crippen molar-refractivity contribution in [1.82, 2.24) is 10.2 Å². The summed E-state index contributed by atoms with van der Waals surface area (Å²) in [5.41, 5.74) is -0.206. The van der Waals surface area contributed by atoms with Crippen molar-refractivity contribution in [2.45, 2.75) is 25.5 Å². The third-order valence-corrected chi connectivity index (χ3v) is 6.69. The molecule has 17 heteroatoms. The van der Waals surface area contributed by atoms with Gasteiger partial charge < -0.3 is 25.0 Å². The van der Waals surface area contributed by atoms with E-state index in [0.717, 1.165) is 22.3 Å². The maximum absolute atomic E-state index is 13.2. The molecule has 1 aromatic heterocycles. The Labute approximate surface area is 232 Å². The van der Waals surface area contributed by atoms with Crippen LogP contribution < -0.4 is 20.3 Å². The van der Waals surface area contributed by atoms with Crippen molar-refractivity contribution >= 4 is 52.0 Å². The van der Waals surface area contributed by atoms with Crippen molar-refractivity contribution < 1.29 is 50.2 Å². The molecule has 2 N–H and O–H groups in total. The highest BCUT2D eigenvalue weighted by atomic mass is 35.5. The van der Waals surface area contributed by atoms with Gasteiger partial charge in [-0.2, -0.15) is 8.78 Å². The smallest absolute Gasteiger partial charge is 0.387 e. The average molecular weight is 617 g/mol. The van der Waals surface area contributed by atoms with Crippen molar-refractivity contribution in [2.75, 3.05) is 49.6 Å². The highest BCUT2D eigenvalue weighted by molar-refractivity contribution is 7.18. The normalized spacial score (nSPS) is 14.8. The van der Waals surface area contributed by atoms with Crippen LogP contribution in [0.3, 0.4) is 0 Å². The maximum atomic E-state index is 13.2. The molecule has 220 valence electrons. The highest BCUT2D eigenvalue weighted by Gasteiger charge is 2.32. The lowest BCUT2D eigenvalue weighted by atomic mass is 10.1. The SMILES string of the molecule is O=C(NC[C@@H](C(=O)Nc1ccc(N2CCOCC2=O)c(OC(F)F)c1)N(CC(F)F)CC(F)F)c1ccc(Cl)s1. The lowest BCUT2D eigenvalue weighted by Gasteiger charge is -2.31. The molecule has 1 aliphatic rings. The Morgan fingerprint density at radius 3 is 2.38 bits per heavy atom. The first-order chi connectivity index (χ1) is 18.9. The van der Waals surface area contributed by atoms with Crippen LogP contribution in [0.15, 0.2) is 30.3 Å². The molecule has 1 aliphatic heterocycles. The second-order valence-electron chi connectivity index (χ2n) is 8.21. The Kier molecular flexibility index (Phi) is 11.4. The molecule has 1 aromatic carbocycles. The number of ether oxygens (including phenoxy) is 2. The van der Waals surface area contributed by atoms with Crippen LogP contribution in [-0.4, -0.2) is 87.5 Å². The zero-order valence-electron chi connectivity index (χ0n) is 20.4. The Morgan fingerprint density at radius 1 is 1.10 bits per heavy atom. The van der Waals surface area contributed by atoms with Gasteiger partial charge in [-0.15, -0.1) is 11.3 Å². The highest BCUT2D eigenvalue weighted by Crippen LogP contribution is 2.34. The second-order valence-corrected chi connectivity index (χ2v) is 9.93. The fourth-order valence-corrected chi connectivity index (χ4v) is 4.75. The first kappa shape index (κ1) is 31.4. The molecule has 9 nitrogen and oxygen atoms in total. The van der Waals surface area contributed by atoms with Crippen LogP contribution in [0.5, 0.6) is 5.75 Å². The minimum absolute atomic E-state index is 0.0393. The number of carbonyl (C=O) groups is 3. The number of nitrogens with one attached hydrogen (secondary N) is 2. The number of benzene rings is 1. The Hall–Kier alpha value is -3.08. The number of nitrogens with zero attached hydrogens (tertiary/aromatic N) is 2. The van der Waals surface area contributed by atoms with E-state index in [1.54, 1.807) is 0 Å². The van der Waals surface area contributed by atoms with Gasteiger partial charge in [-0.25, -0.2) is 17.6 Å². The van der Waals surface area contributed by atoms with Gasteiger partial charge in [0.15, 0.2) is 5.75 Å². The summed E-state index contributed by atoms with van der Waals surface area (Å²) in [5.74, 6) is -2.83. The van der Waals surface area contributed by atoms with Crippen LogP contribution in [0.2, 0.25) is 4.34 Å². The van der Waals surface area contributed by atoms with E-state index in [-0.39, 0.29) is 40.3 Å². The van der Waals surface area contributed by atoms with Crippen molar-refractivity contribution in [1.29, 1.82) is 0 Å². The molecule has 0 saturated carbocycles. The molecule has 0 aliphatic carbocycles. The van der Waals surface area contributed by atoms with Crippen LogP contribution in [0.1, 0.15) is 9.67 Å². The Balaban J connectivity index is 1.86. The molecular formula is C23H23ClF6N4O5S. The predicted octanol–water partition coefficient (Wildman–Crippen LogP) is 3.94. The Morgan fingerprint density at radius 2 is 1.80 bits per heavy atom.